The third kappa shape index (κ3) is 1.98. The quantitative estimate of drug-likeness (QED) is 0.529. The highest BCUT2D eigenvalue weighted by Gasteiger charge is 2.28. The van der Waals surface area contributed by atoms with Gasteiger partial charge in [-0.1, -0.05) is 31.9 Å². The van der Waals surface area contributed by atoms with E-state index in [4.69, 9.17) is 0 Å². The van der Waals surface area contributed by atoms with E-state index in [0.29, 0.717) is 0 Å². The van der Waals surface area contributed by atoms with Crippen molar-refractivity contribution in [2.45, 2.75) is 52.4 Å². The Hall–Kier alpha value is -0.260. The lowest BCUT2D eigenvalue weighted by atomic mass is 9.82. The second-order valence-electron chi connectivity index (χ2n) is 5.06. The number of allylic oxidation sites excluding steroid dienone is 2. The van der Waals surface area contributed by atoms with Crippen LogP contribution in [-0.4, -0.2) is 0 Å². The lowest BCUT2D eigenvalue weighted by molar-refractivity contribution is 0.281. The lowest BCUT2D eigenvalue weighted by Gasteiger charge is -2.23. The van der Waals surface area contributed by atoms with Crippen LogP contribution in [0.15, 0.2) is 11.6 Å². The molecule has 0 aliphatic heterocycles. The van der Waals surface area contributed by atoms with Crippen LogP contribution < -0.4 is 0 Å². The molecule has 2 aliphatic carbocycles. The molecule has 2 rings (SSSR count). The number of fused-ring (bicyclic) bond motifs is 3. The van der Waals surface area contributed by atoms with Crippen LogP contribution in [0.5, 0.6) is 0 Å². The van der Waals surface area contributed by atoms with Crippen LogP contribution in [0.1, 0.15) is 52.4 Å². The molecule has 0 aromatic carbocycles. The summed E-state index contributed by atoms with van der Waals surface area (Å²) in [4.78, 5) is 0. The number of rotatable bonds is 1. The fourth-order valence-electron chi connectivity index (χ4n) is 3.32. The van der Waals surface area contributed by atoms with Gasteiger partial charge in [0.1, 0.15) is 0 Å². The van der Waals surface area contributed by atoms with Crippen LogP contribution in [-0.2, 0) is 0 Å². The zero-order valence-electron chi connectivity index (χ0n) is 9.05. The summed E-state index contributed by atoms with van der Waals surface area (Å²) in [5.74, 6) is 2.91. The minimum Gasteiger partial charge on any atom is -0.0825 e. The van der Waals surface area contributed by atoms with Gasteiger partial charge < -0.3 is 0 Å². The van der Waals surface area contributed by atoms with E-state index in [-0.39, 0.29) is 0 Å². The van der Waals surface area contributed by atoms with Gasteiger partial charge in [-0.2, -0.15) is 0 Å². The Morgan fingerprint density at radius 1 is 1.46 bits per heavy atom. The van der Waals surface area contributed by atoms with Crippen LogP contribution in [0.25, 0.3) is 0 Å². The summed E-state index contributed by atoms with van der Waals surface area (Å²) in [6.07, 6.45) is 11.2. The largest absolute Gasteiger partial charge is 0.0825 e. The zero-order valence-corrected chi connectivity index (χ0v) is 9.05. The molecule has 0 amide bonds. The molecule has 3 unspecified atom stereocenters. The Morgan fingerprint density at radius 2 is 2.31 bits per heavy atom. The van der Waals surface area contributed by atoms with E-state index in [1.54, 1.807) is 5.57 Å². The van der Waals surface area contributed by atoms with Crippen LogP contribution in [0.2, 0.25) is 0 Å². The monoisotopic (exact) mass is 178 g/mol. The zero-order chi connectivity index (χ0) is 9.26. The molecule has 3 atom stereocenters. The second kappa shape index (κ2) is 3.86. The van der Waals surface area contributed by atoms with Crippen molar-refractivity contribution in [1.82, 2.24) is 0 Å². The molecule has 0 heterocycles. The Kier molecular flexibility index (Phi) is 2.76. The molecular formula is C13H22. The van der Waals surface area contributed by atoms with E-state index >= 15 is 0 Å². The van der Waals surface area contributed by atoms with Crippen LogP contribution in [0.3, 0.4) is 0 Å². The predicted molar refractivity (Wildman–Crippen MR) is 57.6 cm³/mol. The lowest BCUT2D eigenvalue weighted by Crippen LogP contribution is -2.13. The molecule has 0 radical (unpaired) electrons. The van der Waals surface area contributed by atoms with Crippen molar-refractivity contribution in [3.63, 3.8) is 0 Å². The number of hydrogen-bond acceptors (Lipinski definition) is 0. The maximum absolute atomic E-state index is 2.57. The maximum Gasteiger partial charge on any atom is -0.0257 e. The van der Waals surface area contributed by atoms with Gasteiger partial charge in [0.05, 0.1) is 0 Å². The molecule has 2 aliphatic rings. The molecule has 2 bridgehead atoms. The molecule has 1 saturated carbocycles. The Bertz CT molecular complexity index is 202. The van der Waals surface area contributed by atoms with E-state index in [1.165, 1.54) is 38.5 Å². The van der Waals surface area contributed by atoms with Gasteiger partial charge in [-0.3, -0.25) is 0 Å². The van der Waals surface area contributed by atoms with Gasteiger partial charge in [0.15, 0.2) is 0 Å². The van der Waals surface area contributed by atoms with E-state index in [0.717, 1.165) is 17.8 Å². The van der Waals surface area contributed by atoms with Crippen molar-refractivity contribution >= 4 is 0 Å². The highest BCUT2D eigenvalue weighted by atomic mass is 14.3. The van der Waals surface area contributed by atoms with Crippen molar-refractivity contribution in [2.24, 2.45) is 17.8 Å². The van der Waals surface area contributed by atoms with Gasteiger partial charge in [0.25, 0.3) is 0 Å². The molecule has 0 N–H and O–H groups in total. The smallest absolute Gasteiger partial charge is 0.0257 e. The first-order valence-corrected chi connectivity index (χ1v) is 5.99. The summed E-state index contributed by atoms with van der Waals surface area (Å²) in [6.45, 7) is 4.77. The average molecular weight is 178 g/mol. The van der Waals surface area contributed by atoms with Gasteiger partial charge in [0.2, 0.25) is 0 Å². The normalized spacial score (nSPS) is 39.5. The standard InChI is InChI=1S/C13H22/c1-3-12-9-11-5-4-6-13(12)8-10(2)7-11/h7,10,12-13H,3-6,8-9H2,1-2H3. The first-order valence-electron chi connectivity index (χ1n) is 5.99. The van der Waals surface area contributed by atoms with E-state index in [1.807, 2.05) is 0 Å². The SMILES string of the molecule is CCC1CC2=CC(C)CC1CCC2. The van der Waals surface area contributed by atoms with Gasteiger partial charge in [-0.25, -0.2) is 0 Å². The Balaban J connectivity index is 2.19. The Labute approximate surface area is 82.4 Å². The first kappa shape index (κ1) is 9.30. The first-order chi connectivity index (χ1) is 6.29. The molecular weight excluding hydrogens is 156 g/mol. The molecule has 0 saturated heterocycles. The molecule has 0 nitrogen and oxygen atoms in total. The third-order valence-electron chi connectivity index (χ3n) is 3.98. The van der Waals surface area contributed by atoms with Gasteiger partial charge >= 0.3 is 0 Å². The highest BCUT2D eigenvalue weighted by Crippen LogP contribution is 2.41. The highest BCUT2D eigenvalue weighted by molar-refractivity contribution is 5.10. The average Bonchev–Trinajstić information content (AvgIpc) is 2.33. The van der Waals surface area contributed by atoms with Crippen LogP contribution >= 0.6 is 0 Å². The summed E-state index contributed by atoms with van der Waals surface area (Å²) in [7, 11) is 0. The van der Waals surface area contributed by atoms with Crippen LogP contribution in [0, 0.1) is 17.8 Å². The second-order valence-corrected chi connectivity index (χ2v) is 5.06. The minimum absolute atomic E-state index is 0.858. The molecule has 1 fully saturated rings. The summed E-state index contributed by atoms with van der Waals surface area (Å²) >= 11 is 0. The maximum atomic E-state index is 2.57. The summed E-state index contributed by atoms with van der Waals surface area (Å²) in [5.41, 5.74) is 1.78. The third-order valence-corrected chi connectivity index (χ3v) is 3.98. The molecule has 0 heteroatoms. The topological polar surface area (TPSA) is 0 Å². The van der Waals surface area contributed by atoms with Crippen molar-refractivity contribution in [1.29, 1.82) is 0 Å². The fourth-order valence-corrected chi connectivity index (χ4v) is 3.32. The molecule has 0 aromatic heterocycles. The van der Waals surface area contributed by atoms with E-state index < -0.39 is 0 Å². The fraction of sp³-hybridized carbons (Fsp3) is 0.846. The summed E-state index contributed by atoms with van der Waals surface area (Å²) < 4.78 is 0. The van der Waals surface area contributed by atoms with Crippen molar-refractivity contribution < 1.29 is 0 Å². The van der Waals surface area contributed by atoms with E-state index in [9.17, 15) is 0 Å². The van der Waals surface area contributed by atoms with Crippen molar-refractivity contribution in [3.8, 4) is 0 Å². The van der Waals surface area contributed by atoms with E-state index in [2.05, 4.69) is 19.9 Å². The molecule has 74 valence electrons. The minimum atomic E-state index is 0.858. The summed E-state index contributed by atoms with van der Waals surface area (Å²) in [6, 6.07) is 0. The van der Waals surface area contributed by atoms with Crippen LogP contribution in [0.4, 0.5) is 0 Å². The molecule has 13 heavy (non-hydrogen) atoms. The molecule has 0 aromatic rings. The van der Waals surface area contributed by atoms with Gasteiger partial charge in [-0.15, -0.1) is 0 Å². The van der Waals surface area contributed by atoms with Crippen molar-refractivity contribution in [2.75, 3.05) is 0 Å². The molecule has 0 spiro atoms. The Morgan fingerprint density at radius 3 is 3.08 bits per heavy atom. The van der Waals surface area contributed by atoms with Gasteiger partial charge in [0, 0.05) is 0 Å². The summed E-state index contributed by atoms with van der Waals surface area (Å²) in [5, 5.41) is 0. The predicted octanol–water partition coefficient (Wildman–Crippen LogP) is 4.17. The van der Waals surface area contributed by atoms with Gasteiger partial charge in [-0.05, 0) is 49.9 Å². The number of hydrogen-bond donors (Lipinski definition) is 0. The van der Waals surface area contributed by atoms with Crippen molar-refractivity contribution in [3.05, 3.63) is 11.6 Å².